The number of aromatic carboxylic acids is 1. The van der Waals surface area contributed by atoms with Crippen LogP contribution in [0.2, 0.25) is 0 Å². The predicted molar refractivity (Wildman–Crippen MR) is 119 cm³/mol. The minimum atomic E-state index is -0.872. The highest BCUT2D eigenvalue weighted by Crippen LogP contribution is 2.15. The summed E-state index contributed by atoms with van der Waals surface area (Å²) in [5, 5.41) is 14.8. The molecule has 0 aliphatic rings. The summed E-state index contributed by atoms with van der Waals surface area (Å²) in [6.07, 6.45) is 1.41. The van der Waals surface area contributed by atoms with Crippen molar-refractivity contribution in [2.75, 3.05) is 5.32 Å². The molecule has 0 radical (unpaired) electrons. The van der Waals surface area contributed by atoms with Crippen molar-refractivity contribution in [1.82, 2.24) is 5.16 Å². The zero-order chi connectivity index (χ0) is 20.0. The highest BCUT2D eigenvalue weighted by atomic mass is 127. The van der Waals surface area contributed by atoms with Gasteiger partial charge in [0.1, 0.15) is 6.26 Å². The zero-order valence-corrected chi connectivity index (χ0v) is 18.8. The van der Waals surface area contributed by atoms with Gasteiger partial charge >= 0.3 is 5.97 Å². The number of benzene rings is 2. The molecule has 0 aliphatic carbocycles. The topological polar surface area (TPSA) is 92.4 Å². The van der Waals surface area contributed by atoms with Crippen LogP contribution in [0.1, 0.15) is 31.8 Å². The van der Waals surface area contributed by atoms with Gasteiger partial charge in [-0.2, -0.15) is 0 Å². The Morgan fingerprint density at radius 2 is 1.52 bits per heavy atom. The van der Waals surface area contributed by atoms with E-state index in [-0.39, 0.29) is 5.91 Å². The number of carboxylic acids is 1. The molecule has 140 valence electrons. The molecule has 0 saturated heterocycles. The Balaban J connectivity index is 0.000000208. The van der Waals surface area contributed by atoms with E-state index >= 15 is 0 Å². The molecule has 1 heterocycles. The molecule has 1 aromatic heterocycles. The molecule has 2 N–H and O–H groups in total. The van der Waals surface area contributed by atoms with Gasteiger partial charge in [-0.15, -0.1) is 0 Å². The number of hydrogen-bond donors (Lipinski definition) is 2. The minimum absolute atomic E-state index is 0.188. The first kappa shape index (κ1) is 21.4. The molecule has 6 nitrogen and oxygen atoms in total. The van der Waals surface area contributed by atoms with Gasteiger partial charge in [0.25, 0.3) is 5.91 Å². The highest BCUT2D eigenvalue weighted by molar-refractivity contribution is 14.1. The van der Waals surface area contributed by atoms with Crippen LogP contribution in [0.4, 0.5) is 5.82 Å². The summed E-state index contributed by atoms with van der Waals surface area (Å²) in [6.45, 7) is 3.95. The number of nitrogens with zero attached hydrogens (tertiary/aromatic N) is 1. The van der Waals surface area contributed by atoms with E-state index in [2.05, 4.69) is 60.2 Å². The maximum Gasteiger partial charge on any atom is 0.335 e. The average Bonchev–Trinajstić information content (AvgIpc) is 3.13. The van der Waals surface area contributed by atoms with Gasteiger partial charge in [-0.25, -0.2) is 4.79 Å². The SMILES string of the molecule is Cc1ccc(C(=O)Nc2ccon2)cc1I.Cc1ccc(C(=O)O)cc1I. The highest BCUT2D eigenvalue weighted by Gasteiger charge is 2.08. The van der Waals surface area contributed by atoms with Crippen molar-refractivity contribution < 1.29 is 19.2 Å². The van der Waals surface area contributed by atoms with E-state index < -0.39 is 5.97 Å². The number of carboxylic acid groups (broad SMARTS) is 1. The Kier molecular flexibility index (Phi) is 7.78. The fourth-order valence-corrected chi connectivity index (χ4v) is 2.96. The van der Waals surface area contributed by atoms with Crippen LogP contribution in [0.15, 0.2) is 53.3 Å². The Hall–Kier alpha value is -1.95. The van der Waals surface area contributed by atoms with Crippen LogP contribution >= 0.6 is 45.2 Å². The van der Waals surface area contributed by atoms with E-state index in [0.717, 1.165) is 18.3 Å². The number of anilines is 1. The summed E-state index contributed by atoms with van der Waals surface area (Å²) in [5.41, 5.74) is 3.21. The number of hydrogen-bond acceptors (Lipinski definition) is 4. The molecule has 27 heavy (non-hydrogen) atoms. The van der Waals surface area contributed by atoms with Crippen molar-refractivity contribution in [3.8, 4) is 0 Å². The predicted octanol–water partition coefficient (Wildman–Crippen LogP) is 5.14. The molecule has 0 fully saturated rings. The van der Waals surface area contributed by atoms with Crippen molar-refractivity contribution in [1.29, 1.82) is 0 Å². The fraction of sp³-hybridized carbons (Fsp3) is 0.105. The van der Waals surface area contributed by atoms with Gasteiger partial charge in [0.2, 0.25) is 0 Å². The number of aryl methyl sites for hydroxylation is 2. The molecule has 0 bridgehead atoms. The quantitative estimate of drug-likeness (QED) is 0.413. The third-order valence-corrected chi connectivity index (χ3v) is 5.86. The molecule has 3 aromatic rings. The van der Waals surface area contributed by atoms with Crippen LogP contribution in [0.5, 0.6) is 0 Å². The van der Waals surface area contributed by atoms with Crippen molar-refractivity contribution in [3.05, 3.63) is 78.1 Å². The van der Waals surface area contributed by atoms with Crippen LogP contribution in [-0.4, -0.2) is 22.1 Å². The molecule has 3 rings (SSSR count). The van der Waals surface area contributed by atoms with E-state index in [1.165, 1.54) is 6.26 Å². The van der Waals surface area contributed by atoms with E-state index in [0.29, 0.717) is 16.9 Å². The van der Waals surface area contributed by atoms with E-state index in [9.17, 15) is 9.59 Å². The Labute approximate surface area is 183 Å². The van der Waals surface area contributed by atoms with Crippen molar-refractivity contribution in [3.63, 3.8) is 0 Å². The lowest BCUT2D eigenvalue weighted by atomic mass is 10.1. The van der Waals surface area contributed by atoms with Crippen LogP contribution in [-0.2, 0) is 0 Å². The molecular formula is C19H16I2N2O4. The molecule has 0 saturated carbocycles. The van der Waals surface area contributed by atoms with Gasteiger partial charge in [-0.3, -0.25) is 4.79 Å². The Bertz CT molecular complexity index is 956. The van der Waals surface area contributed by atoms with Crippen LogP contribution in [0, 0.1) is 21.0 Å². The van der Waals surface area contributed by atoms with Crippen LogP contribution in [0.25, 0.3) is 0 Å². The molecule has 1 amide bonds. The van der Waals surface area contributed by atoms with Crippen LogP contribution in [0.3, 0.4) is 0 Å². The second kappa shape index (κ2) is 9.83. The standard InChI is InChI=1S/C11H9IN2O2.C8H7IO2/c1-7-2-3-8(6-9(7)12)11(15)13-10-4-5-16-14-10;1-5-2-3-6(8(10)11)4-7(5)9/h2-6H,1H3,(H,13,14,15);2-4H,1H3,(H,10,11). The van der Waals surface area contributed by atoms with Gasteiger partial charge in [-0.1, -0.05) is 17.3 Å². The van der Waals surface area contributed by atoms with Crippen molar-refractivity contribution in [2.24, 2.45) is 0 Å². The van der Waals surface area contributed by atoms with Crippen LogP contribution < -0.4 is 5.32 Å². The normalized spacial score (nSPS) is 9.93. The summed E-state index contributed by atoms with van der Waals surface area (Å²) in [5.74, 6) is -0.643. The molecule has 8 heteroatoms. The number of carbonyl (C=O) groups excluding carboxylic acids is 1. The molecule has 2 aromatic carbocycles. The maximum absolute atomic E-state index is 11.8. The molecule has 0 spiro atoms. The summed E-state index contributed by atoms with van der Waals surface area (Å²) in [4.78, 5) is 22.2. The number of amides is 1. The largest absolute Gasteiger partial charge is 0.478 e. The molecular weight excluding hydrogens is 574 g/mol. The van der Waals surface area contributed by atoms with Gasteiger partial charge < -0.3 is 14.9 Å². The lowest BCUT2D eigenvalue weighted by Crippen LogP contribution is -2.12. The fourth-order valence-electron chi connectivity index (χ4n) is 1.93. The van der Waals surface area contributed by atoms with Gasteiger partial charge in [-0.05, 0) is 94.4 Å². The number of carbonyl (C=O) groups is 2. The third kappa shape index (κ3) is 6.31. The first-order chi connectivity index (χ1) is 12.8. The monoisotopic (exact) mass is 590 g/mol. The number of nitrogens with one attached hydrogen (secondary N) is 1. The van der Waals surface area contributed by atoms with Gasteiger partial charge in [0, 0.05) is 18.8 Å². The van der Waals surface area contributed by atoms with Gasteiger partial charge in [0.15, 0.2) is 5.82 Å². The molecule has 0 atom stereocenters. The van der Waals surface area contributed by atoms with E-state index in [1.54, 1.807) is 24.3 Å². The maximum atomic E-state index is 11.8. The van der Waals surface area contributed by atoms with E-state index in [1.807, 2.05) is 32.0 Å². The van der Waals surface area contributed by atoms with E-state index in [4.69, 9.17) is 5.11 Å². The van der Waals surface area contributed by atoms with Crippen molar-refractivity contribution in [2.45, 2.75) is 13.8 Å². The first-order valence-corrected chi connectivity index (χ1v) is 9.91. The summed E-state index contributed by atoms with van der Waals surface area (Å²) >= 11 is 4.32. The second-order valence-corrected chi connectivity index (χ2v) is 7.90. The summed E-state index contributed by atoms with van der Waals surface area (Å²) in [6, 6.07) is 12.2. The average molecular weight is 590 g/mol. The smallest absolute Gasteiger partial charge is 0.335 e. The zero-order valence-electron chi connectivity index (χ0n) is 14.5. The summed E-state index contributed by atoms with van der Waals surface area (Å²) < 4.78 is 6.68. The number of rotatable bonds is 3. The first-order valence-electron chi connectivity index (χ1n) is 7.75. The minimum Gasteiger partial charge on any atom is -0.478 e. The number of aromatic nitrogens is 1. The second-order valence-electron chi connectivity index (χ2n) is 5.57. The lowest BCUT2D eigenvalue weighted by molar-refractivity contribution is 0.0696. The van der Waals surface area contributed by atoms with Gasteiger partial charge in [0.05, 0.1) is 5.56 Å². The number of halogens is 2. The lowest BCUT2D eigenvalue weighted by Gasteiger charge is -2.03. The Morgan fingerprint density at radius 1 is 0.963 bits per heavy atom. The molecule has 0 unspecified atom stereocenters. The van der Waals surface area contributed by atoms with Crippen molar-refractivity contribution >= 4 is 62.9 Å². The molecule has 0 aliphatic heterocycles. The third-order valence-electron chi connectivity index (χ3n) is 3.53. The Morgan fingerprint density at radius 3 is 2.00 bits per heavy atom. The summed E-state index contributed by atoms with van der Waals surface area (Å²) in [7, 11) is 0.